The van der Waals surface area contributed by atoms with Crippen LogP contribution in [0.15, 0.2) is 24.3 Å². The monoisotopic (exact) mass is 542 g/mol. The second kappa shape index (κ2) is 11.6. The molecule has 2 aromatic rings. The molecule has 0 aliphatic heterocycles. The molecule has 0 bridgehead atoms. The summed E-state index contributed by atoms with van der Waals surface area (Å²) in [6.45, 7) is -1.27. The Morgan fingerprint density at radius 3 is 2.52 bits per heavy atom. The first-order valence-corrected chi connectivity index (χ1v) is 9.79. The largest absolute Gasteiger partial charge is 0.394 e. The Bertz CT molecular complexity index is 873. The molecule has 0 aliphatic carbocycles. The molecule has 4 N–H and O–H groups in total. The summed E-state index contributed by atoms with van der Waals surface area (Å²) in [7, 11) is 0. The quantitative estimate of drug-likeness (QED) is 0.209. The number of ether oxygens (including phenoxy) is 1. The van der Waals surface area contributed by atoms with Crippen molar-refractivity contribution in [3.05, 3.63) is 55.6 Å². The van der Waals surface area contributed by atoms with E-state index in [0.29, 0.717) is 0 Å². The van der Waals surface area contributed by atoms with E-state index in [1.807, 2.05) is 28.1 Å². The Balaban J connectivity index is 2.45. The average Bonchev–Trinajstić information content (AvgIpc) is 2.69. The van der Waals surface area contributed by atoms with Crippen LogP contribution in [0.4, 0.5) is 20.2 Å². The standard InChI is InChI=1S/C18H18ClF2IN2O5/c19-13-8-11(22)1-2-14(13)23-17-12(18(27)24-29-6-4-26)7-10(9-28-5-3-25)15(20)16(17)21/h1-2,7-8,23,25-26H,3-6,9H2,(H,24,27). The number of carbonyl (C=O) groups is 1. The zero-order valence-corrected chi connectivity index (χ0v) is 17.9. The number of halogens is 4. The molecule has 7 nitrogen and oxygen atoms in total. The Labute approximate surface area is 184 Å². The fraction of sp³-hybridized carbons (Fsp3) is 0.278. The van der Waals surface area contributed by atoms with Crippen LogP contribution in [0.5, 0.6) is 0 Å². The van der Waals surface area contributed by atoms with Crippen LogP contribution in [0, 0.1) is 15.2 Å². The number of amides is 1. The van der Waals surface area contributed by atoms with Crippen LogP contribution in [0.25, 0.3) is 0 Å². The normalized spacial score (nSPS) is 10.8. The van der Waals surface area contributed by atoms with Crippen LogP contribution >= 0.6 is 34.2 Å². The minimum atomic E-state index is -1.31. The van der Waals surface area contributed by atoms with Gasteiger partial charge in [-0.2, -0.15) is 0 Å². The maximum absolute atomic E-state index is 14.8. The molecule has 2 aromatic carbocycles. The predicted octanol–water partition coefficient (Wildman–Crippen LogP) is 3.13. The number of hydrogen-bond donors (Lipinski definition) is 4. The second-order valence-electron chi connectivity index (χ2n) is 5.61. The van der Waals surface area contributed by atoms with Crippen LogP contribution in [0.1, 0.15) is 15.9 Å². The summed E-state index contributed by atoms with van der Waals surface area (Å²) in [6.07, 6.45) is 0. The molecule has 0 heterocycles. The van der Waals surface area contributed by atoms with Crippen LogP contribution in [-0.4, -0.2) is 42.5 Å². The third kappa shape index (κ3) is 6.46. The van der Waals surface area contributed by atoms with Gasteiger partial charge in [0.15, 0.2) is 11.6 Å². The van der Waals surface area contributed by atoms with E-state index in [0.717, 1.165) is 9.64 Å². The van der Waals surface area contributed by atoms with E-state index in [-0.39, 0.29) is 54.9 Å². The molecule has 0 saturated heterocycles. The van der Waals surface area contributed by atoms with Gasteiger partial charge < -0.3 is 20.3 Å². The van der Waals surface area contributed by atoms with Gasteiger partial charge in [-0.3, -0.25) is 9.63 Å². The molecular weight excluding hydrogens is 525 g/mol. The first-order chi connectivity index (χ1) is 13.9. The minimum Gasteiger partial charge on any atom is -0.394 e. The number of hydrogen-bond acceptors (Lipinski definition) is 6. The van der Waals surface area contributed by atoms with Crippen LogP contribution in [0.3, 0.4) is 0 Å². The van der Waals surface area contributed by atoms with Crippen molar-refractivity contribution < 1.29 is 33.4 Å². The highest BCUT2D eigenvalue weighted by Crippen LogP contribution is 2.33. The lowest BCUT2D eigenvalue weighted by molar-refractivity contribution is 0.0168. The van der Waals surface area contributed by atoms with Crippen LogP contribution < -0.4 is 10.8 Å². The van der Waals surface area contributed by atoms with Gasteiger partial charge in [0, 0.05) is 9.13 Å². The Morgan fingerprint density at radius 1 is 1.14 bits per heavy atom. The van der Waals surface area contributed by atoms with Gasteiger partial charge >= 0.3 is 0 Å². The molecular formula is C18H18ClF2IN2O5. The van der Waals surface area contributed by atoms with E-state index in [1.165, 1.54) is 0 Å². The maximum Gasteiger partial charge on any atom is 0.277 e. The van der Waals surface area contributed by atoms with Gasteiger partial charge in [-0.25, -0.2) is 14.3 Å². The molecule has 0 atom stereocenters. The van der Waals surface area contributed by atoms with E-state index in [1.54, 1.807) is 18.2 Å². The first kappa shape index (κ1) is 23.7. The SMILES string of the molecule is O=C(NOCCO)c1cc(COCCO)c(F)c(F)c1Nc1ccc(I)cc1Cl. The molecule has 0 unspecified atom stereocenters. The summed E-state index contributed by atoms with van der Waals surface area (Å²) in [4.78, 5) is 17.2. The summed E-state index contributed by atoms with van der Waals surface area (Å²) >= 11 is 8.18. The fourth-order valence-corrected chi connectivity index (χ4v) is 3.18. The molecule has 29 heavy (non-hydrogen) atoms. The number of anilines is 2. The number of aliphatic hydroxyl groups excluding tert-OH is 2. The molecule has 11 heteroatoms. The van der Waals surface area contributed by atoms with Crippen molar-refractivity contribution in [3.63, 3.8) is 0 Å². The summed E-state index contributed by atoms with van der Waals surface area (Å²) in [5.41, 5.74) is 1.38. The summed E-state index contributed by atoms with van der Waals surface area (Å²) in [5, 5.41) is 20.4. The van der Waals surface area contributed by atoms with Crippen molar-refractivity contribution in [2.24, 2.45) is 0 Å². The summed E-state index contributed by atoms with van der Waals surface area (Å²) in [5.74, 6) is -3.39. The summed E-state index contributed by atoms with van der Waals surface area (Å²) in [6, 6.07) is 5.98. The van der Waals surface area contributed by atoms with Gasteiger partial charge in [0.05, 0.1) is 55.0 Å². The lowest BCUT2D eigenvalue weighted by Crippen LogP contribution is -2.26. The predicted molar refractivity (Wildman–Crippen MR) is 111 cm³/mol. The van der Waals surface area contributed by atoms with Crippen molar-refractivity contribution in [3.8, 4) is 0 Å². The first-order valence-electron chi connectivity index (χ1n) is 8.33. The van der Waals surface area contributed by atoms with Crippen molar-refractivity contribution >= 4 is 51.5 Å². The Hall–Kier alpha value is -1.57. The molecule has 0 fully saturated rings. The third-order valence-corrected chi connectivity index (χ3v) is 4.55. The van der Waals surface area contributed by atoms with Gasteiger partial charge in [0.2, 0.25) is 0 Å². The van der Waals surface area contributed by atoms with Crippen molar-refractivity contribution in [2.45, 2.75) is 6.61 Å². The Kier molecular flexibility index (Phi) is 9.46. The molecule has 0 spiro atoms. The highest BCUT2D eigenvalue weighted by atomic mass is 127. The number of carbonyl (C=O) groups excluding carboxylic acids is 1. The number of benzene rings is 2. The van der Waals surface area contributed by atoms with Gasteiger partial charge in [0.25, 0.3) is 5.91 Å². The number of aliphatic hydroxyl groups is 2. The lowest BCUT2D eigenvalue weighted by atomic mass is 10.1. The molecule has 1 amide bonds. The van der Waals surface area contributed by atoms with Crippen LogP contribution in [-0.2, 0) is 16.2 Å². The maximum atomic E-state index is 14.8. The van der Waals surface area contributed by atoms with E-state index in [9.17, 15) is 13.6 Å². The third-order valence-electron chi connectivity index (χ3n) is 3.57. The zero-order chi connectivity index (χ0) is 21.4. The Morgan fingerprint density at radius 2 is 1.86 bits per heavy atom. The molecule has 0 aliphatic rings. The van der Waals surface area contributed by atoms with Crippen molar-refractivity contribution in [1.29, 1.82) is 0 Å². The molecule has 158 valence electrons. The van der Waals surface area contributed by atoms with E-state index in [4.69, 9.17) is 31.4 Å². The molecule has 2 rings (SSSR count). The zero-order valence-electron chi connectivity index (χ0n) is 15.0. The van der Waals surface area contributed by atoms with Crippen molar-refractivity contribution in [1.82, 2.24) is 5.48 Å². The molecule has 0 aromatic heterocycles. The fourth-order valence-electron chi connectivity index (χ4n) is 2.27. The van der Waals surface area contributed by atoms with Gasteiger partial charge in [0.1, 0.15) is 0 Å². The number of rotatable bonds is 10. The van der Waals surface area contributed by atoms with E-state index in [2.05, 4.69) is 5.32 Å². The topological polar surface area (TPSA) is 100 Å². The van der Waals surface area contributed by atoms with Gasteiger partial charge in [-0.1, -0.05) is 11.6 Å². The average molecular weight is 543 g/mol. The van der Waals surface area contributed by atoms with E-state index < -0.39 is 23.2 Å². The highest BCUT2D eigenvalue weighted by Gasteiger charge is 2.23. The molecule has 0 radical (unpaired) electrons. The van der Waals surface area contributed by atoms with Gasteiger partial charge in [-0.15, -0.1) is 0 Å². The lowest BCUT2D eigenvalue weighted by Gasteiger charge is -2.17. The number of nitrogens with one attached hydrogen (secondary N) is 2. The second-order valence-corrected chi connectivity index (χ2v) is 7.27. The van der Waals surface area contributed by atoms with Crippen molar-refractivity contribution in [2.75, 3.05) is 31.7 Å². The molecule has 0 saturated carbocycles. The smallest absolute Gasteiger partial charge is 0.277 e. The summed E-state index contributed by atoms with van der Waals surface area (Å²) < 4.78 is 35.2. The van der Waals surface area contributed by atoms with Gasteiger partial charge in [-0.05, 0) is 46.9 Å². The highest BCUT2D eigenvalue weighted by molar-refractivity contribution is 14.1. The van der Waals surface area contributed by atoms with E-state index >= 15 is 0 Å². The van der Waals surface area contributed by atoms with Crippen LogP contribution in [0.2, 0.25) is 5.02 Å². The number of hydroxylamine groups is 1. The minimum absolute atomic E-state index is 0.0829.